The Kier molecular flexibility index (Phi) is 6.02. The fraction of sp³-hybridized carbons (Fsp3) is 0.333. The Morgan fingerprint density at radius 2 is 1.94 bits per heavy atom. The molecule has 7 heteroatoms. The van der Waals surface area contributed by atoms with Crippen LogP contribution in [0.4, 0.5) is 0 Å². The molecule has 31 heavy (non-hydrogen) atoms. The van der Waals surface area contributed by atoms with Gasteiger partial charge in [0.15, 0.2) is 0 Å². The van der Waals surface area contributed by atoms with Gasteiger partial charge in [0.2, 0.25) is 0 Å². The molecule has 1 saturated heterocycles. The second-order valence-electron chi connectivity index (χ2n) is 7.97. The zero-order valence-corrected chi connectivity index (χ0v) is 18.2. The minimum absolute atomic E-state index is 0.719. The third-order valence-corrected chi connectivity index (χ3v) is 6.04. The molecule has 0 unspecified atom stereocenters. The molecule has 160 valence electrons. The van der Waals surface area contributed by atoms with E-state index in [0.29, 0.717) is 0 Å². The highest BCUT2D eigenvalue weighted by Gasteiger charge is 2.12. The number of morpholine rings is 1. The van der Waals surface area contributed by atoms with Gasteiger partial charge < -0.3 is 9.30 Å². The highest BCUT2D eigenvalue weighted by molar-refractivity contribution is 6.30. The lowest BCUT2D eigenvalue weighted by Crippen LogP contribution is -2.35. The van der Waals surface area contributed by atoms with Gasteiger partial charge in [-0.1, -0.05) is 23.7 Å². The molecule has 0 aliphatic carbocycles. The van der Waals surface area contributed by atoms with Gasteiger partial charge in [-0.2, -0.15) is 5.10 Å². The first-order valence-corrected chi connectivity index (χ1v) is 11.2. The molecule has 0 radical (unpaired) electrons. The number of rotatable bonds is 7. The first kappa shape index (κ1) is 20.2. The van der Waals surface area contributed by atoms with E-state index in [0.717, 1.165) is 68.5 Å². The molecule has 0 atom stereocenters. The standard InChI is InChI=1S/C24H26ClN5O/c25-20-3-1-4-22(16-20)30-21(8-9-27-30)5-2-10-29-18-26-23-15-19(6-7-24(23)29)17-28-11-13-31-14-12-28/h1,3-4,6-9,15-16,18H,2,5,10-14,17H2. The van der Waals surface area contributed by atoms with E-state index >= 15 is 0 Å². The first-order valence-electron chi connectivity index (χ1n) is 10.8. The van der Waals surface area contributed by atoms with Gasteiger partial charge in [-0.25, -0.2) is 9.67 Å². The summed E-state index contributed by atoms with van der Waals surface area (Å²) in [5.41, 5.74) is 5.74. The Hall–Kier alpha value is -2.67. The summed E-state index contributed by atoms with van der Waals surface area (Å²) in [4.78, 5) is 7.09. The van der Waals surface area contributed by atoms with Gasteiger partial charge in [-0.15, -0.1) is 0 Å². The summed E-state index contributed by atoms with van der Waals surface area (Å²) < 4.78 is 9.66. The van der Waals surface area contributed by atoms with Crippen molar-refractivity contribution in [2.75, 3.05) is 26.3 Å². The van der Waals surface area contributed by atoms with E-state index in [2.05, 4.69) is 43.8 Å². The maximum atomic E-state index is 6.15. The molecule has 2 aromatic heterocycles. The molecular weight excluding hydrogens is 410 g/mol. The minimum Gasteiger partial charge on any atom is -0.379 e. The summed E-state index contributed by atoms with van der Waals surface area (Å²) in [6, 6.07) is 16.5. The summed E-state index contributed by atoms with van der Waals surface area (Å²) in [7, 11) is 0. The van der Waals surface area contributed by atoms with Crippen LogP contribution in [0.15, 0.2) is 61.1 Å². The van der Waals surface area contributed by atoms with E-state index in [1.807, 2.05) is 41.5 Å². The lowest BCUT2D eigenvalue weighted by molar-refractivity contribution is 0.0342. The van der Waals surface area contributed by atoms with Crippen LogP contribution in [0.5, 0.6) is 0 Å². The summed E-state index contributed by atoms with van der Waals surface area (Å²) >= 11 is 6.15. The lowest BCUT2D eigenvalue weighted by atomic mass is 10.1. The van der Waals surface area contributed by atoms with Crippen LogP contribution in [0.2, 0.25) is 5.02 Å². The molecule has 6 nitrogen and oxygen atoms in total. The summed E-state index contributed by atoms with van der Waals surface area (Å²) in [6.45, 7) is 5.52. The van der Waals surface area contributed by atoms with Crippen molar-refractivity contribution in [3.05, 3.63) is 77.3 Å². The van der Waals surface area contributed by atoms with E-state index in [1.54, 1.807) is 0 Å². The van der Waals surface area contributed by atoms with Crippen molar-refractivity contribution in [1.29, 1.82) is 0 Å². The predicted molar refractivity (Wildman–Crippen MR) is 123 cm³/mol. The molecular formula is C24H26ClN5O. The highest BCUT2D eigenvalue weighted by Crippen LogP contribution is 2.19. The molecule has 0 bridgehead atoms. The molecule has 1 aliphatic rings. The molecule has 4 aromatic rings. The van der Waals surface area contributed by atoms with Crippen molar-refractivity contribution in [2.45, 2.75) is 25.9 Å². The van der Waals surface area contributed by atoms with Gasteiger partial charge in [0.1, 0.15) is 0 Å². The maximum Gasteiger partial charge on any atom is 0.0958 e. The number of imidazole rings is 1. The van der Waals surface area contributed by atoms with Gasteiger partial charge in [0.05, 0.1) is 36.3 Å². The van der Waals surface area contributed by atoms with Gasteiger partial charge in [-0.3, -0.25) is 4.90 Å². The van der Waals surface area contributed by atoms with Crippen LogP contribution in [0.3, 0.4) is 0 Å². The third kappa shape index (κ3) is 4.66. The first-order chi connectivity index (χ1) is 15.3. The molecule has 1 fully saturated rings. The molecule has 3 heterocycles. The Labute approximate surface area is 187 Å². The zero-order valence-electron chi connectivity index (χ0n) is 17.5. The molecule has 5 rings (SSSR count). The predicted octanol–water partition coefficient (Wildman–Crippen LogP) is 4.34. The normalized spacial score (nSPS) is 15.0. The monoisotopic (exact) mass is 435 g/mol. The zero-order chi connectivity index (χ0) is 21.0. The second kappa shape index (κ2) is 9.22. The third-order valence-electron chi connectivity index (χ3n) is 5.80. The number of hydrogen-bond acceptors (Lipinski definition) is 4. The van der Waals surface area contributed by atoms with Gasteiger partial charge in [0, 0.05) is 43.1 Å². The van der Waals surface area contributed by atoms with Crippen LogP contribution in [0.1, 0.15) is 17.7 Å². The number of nitrogens with zero attached hydrogens (tertiary/aromatic N) is 5. The van der Waals surface area contributed by atoms with E-state index in [1.165, 1.54) is 16.8 Å². The van der Waals surface area contributed by atoms with Crippen molar-refractivity contribution in [1.82, 2.24) is 24.2 Å². The van der Waals surface area contributed by atoms with E-state index in [-0.39, 0.29) is 0 Å². The fourth-order valence-corrected chi connectivity index (χ4v) is 4.38. The van der Waals surface area contributed by atoms with Crippen LogP contribution in [-0.4, -0.2) is 50.5 Å². The SMILES string of the molecule is Clc1cccc(-n2nccc2CCCn2cnc3cc(CN4CCOCC4)ccc32)c1. The van der Waals surface area contributed by atoms with Crippen LogP contribution in [0.25, 0.3) is 16.7 Å². The molecule has 0 saturated carbocycles. The van der Waals surface area contributed by atoms with Gasteiger partial charge in [-0.05, 0) is 54.8 Å². The average Bonchev–Trinajstić information content (AvgIpc) is 3.42. The molecule has 2 aromatic carbocycles. The van der Waals surface area contributed by atoms with Crippen molar-refractivity contribution in [2.24, 2.45) is 0 Å². The maximum absolute atomic E-state index is 6.15. The smallest absolute Gasteiger partial charge is 0.0958 e. The summed E-state index contributed by atoms with van der Waals surface area (Å²) in [5, 5.41) is 5.20. The number of aromatic nitrogens is 4. The molecule has 1 aliphatic heterocycles. The van der Waals surface area contributed by atoms with Gasteiger partial charge in [0.25, 0.3) is 0 Å². The Bertz CT molecular complexity index is 1160. The van der Waals surface area contributed by atoms with Crippen molar-refractivity contribution in [3.8, 4) is 5.69 Å². The minimum atomic E-state index is 0.719. The van der Waals surface area contributed by atoms with E-state index in [4.69, 9.17) is 16.3 Å². The fourth-order valence-electron chi connectivity index (χ4n) is 4.19. The lowest BCUT2D eigenvalue weighted by Gasteiger charge is -2.26. The van der Waals surface area contributed by atoms with E-state index in [9.17, 15) is 0 Å². The van der Waals surface area contributed by atoms with Crippen LogP contribution >= 0.6 is 11.6 Å². The van der Waals surface area contributed by atoms with E-state index < -0.39 is 0 Å². The number of halogens is 1. The molecule has 0 spiro atoms. The van der Waals surface area contributed by atoms with Crippen molar-refractivity contribution in [3.63, 3.8) is 0 Å². The topological polar surface area (TPSA) is 48.1 Å². The highest BCUT2D eigenvalue weighted by atomic mass is 35.5. The Morgan fingerprint density at radius 3 is 2.81 bits per heavy atom. The van der Waals surface area contributed by atoms with Crippen LogP contribution in [-0.2, 0) is 24.2 Å². The summed E-state index contributed by atoms with van der Waals surface area (Å²) in [6.07, 6.45) is 5.74. The Morgan fingerprint density at radius 1 is 1.03 bits per heavy atom. The van der Waals surface area contributed by atoms with Crippen LogP contribution in [0, 0.1) is 0 Å². The average molecular weight is 436 g/mol. The van der Waals surface area contributed by atoms with Crippen LogP contribution < -0.4 is 0 Å². The van der Waals surface area contributed by atoms with Crippen molar-refractivity contribution >= 4 is 22.6 Å². The second-order valence-corrected chi connectivity index (χ2v) is 8.40. The molecule has 0 N–H and O–H groups in total. The quantitative estimate of drug-likeness (QED) is 0.433. The number of ether oxygens (including phenoxy) is 1. The number of hydrogen-bond donors (Lipinski definition) is 0. The van der Waals surface area contributed by atoms with Crippen molar-refractivity contribution < 1.29 is 4.74 Å². The molecule has 0 amide bonds. The largest absolute Gasteiger partial charge is 0.379 e. The number of fused-ring (bicyclic) bond motifs is 1. The Balaban J connectivity index is 1.23. The number of aryl methyl sites for hydroxylation is 2. The van der Waals surface area contributed by atoms with Gasteiger partial charge >= 0.3 is 0 Å². The summed E-state index contributed by atoms with van der Waals surface area (Å²) in [5.74, 6) is 0. The number of benzene rings is 2.